The molecular formula is C18H21F2N3O2. The Morgan fingerprint density at radius 3 is 2.60 bits per heavy atom. The molecule has 0 atom stereocenters. The fourth-order valence-corrected chi connectivity index (χ4v) is 2.57. The van der Waals surface area contributed by atoms with E-state index in [1.54, 1.807) is 44.5 Å². The van der Waals surface area contributed by atoms with Gasteiger partial charge in [0.1, 0.15) is 5.75 Å². The topological polar surface area (TPSA) is 65.4 Å². The Morgan fingerprint density at radius 1 is 1.36 bits per heavy atom. The molecule has 2 N–H and O–H groups in total. The van der Waals surface area contributed by atoms with E-state index in [0.29, 0.717) is 34.7 Å². The van der Waals surface area contributed by atoms with E-state index in [0.717, 1.165) is 4.90 Å². The Bertz CT molecular complexity index is 697. The second-order valence-electron chi connectivity index (χ2n) is 5.63. The number of nitrogens with one attached hydrogen (secondary N) is 2. The minimum atomic E-state index is -2.63. The molecule has 0 spiro atoms. The maximum Gasteiger partial charge on any atom is 0.256 e. The third kappa shape index (κ3) is 4.65. The highest BCUT2D eigenvalue weighted by molar-refractivity contribution is 5.90. The van der Waals surface area contributed by atoms with Crippen LogP contribution in [0.2, 0.25) is 0 Å². The predicted octanol–water partition coefficient (Wildman–Crippen LogP) is 3.39. The zero-order valence-electron chi connectivity index (χ0n) is 14.2. The van der Waals surface area contributed by atoms with E-state index in [4.69, 9.17) is 10.1 Å². The first-order chi connectivity index (χ1) is 12.0. The summed E-state index contributed by atoms with van der Waals surface area (Å²) in [7, 11) is 1.54. The third-order valence-electron chi connectivity index (χ3n) is 3.83. The molecule has 0 saturated heterocycles. The molecule has 0 unspecified atom stereocenters. The van der Waals surface area contributed by atoms with Crippen LogP contribution < -0.4 is 10.1 Å². The van der Waals surface area contributed by atoms with Crippen molar-refractivity contribution in [1.82, 2.24) is 10.2 Å². The number of rotatable bonds is 7. The monoisotopic (exact) mass is 349 g/mol. The Balaban J connectivity index is 2.49. The summed E-state index contributed by atoms with van der Waals surface area (Å²) in [5.41, 5.74) is 2.44. The second-order valence-corrected chi connectivity index (χ2v) is 5.63. The fourth-order valence-electron chi connectivity index (χ4n) is 2.57. The summed E-state index contributed by atoms with van der Waals surface area (Å²) < 4.78 is 31.1. The van der Waals surface area contributed by atoms with Crippen LogP contribution in [0, 0.1) is 5.41 Å². The number of hydrogen-bond donors (Lipinski definition) is 2. The molecule has 7 heteroatoms. The first kappa shape index (κ1) is 18.6. The van der Waals surface area contributed by atoms with Crippen molar-refractivity contribution in [2.45, 2.75) is 26.2 Å². The number of nitrogens with zero attached hydrogens (tertiary/aromatic N) is 1. The van der Waals surface area contributed by atoms with Gasteiger partial charge in [-0.1, -0.05) is 0 Å². The Hall–Kier alpha value is -2.70. The average Bonchev–Trinajstić information content (AvgIpc) is 2.61. The van der Waals surface area contributed by atoms with E-state index >= 15 is 0 Å². The van der Waals surface area contributed by atoms with E-state index in [1.165, 1.54) is 6.21 Å². The number of methoxy groups -OCH3 is 1. The second kappa shape index (κ2) is 8.41. The standard InChI is InChI=1S/C18H21F2N3O2/c1-12(9-21)10-22-15-7-8-17(24)23(11-16(19)20)18(15)13-3-5-14(25-2)6-4-13/h3-6,9-10,16,21-22H,7-8,11H2,1-2H3/b12-10-,21-9?. The summed E-state index contributed by atoms with van der Waals surface area (Å²) in [6.45, 7) is 1.09. The molecule has 2 rings (SSSR count). The number of benzene rings is 1. The van der Waals surface area contributed by atoms with Crippen LogP contribution in [0.3, 0.4) is 0 Å². The van der Waals surface area contributed by atoms with Crippen LogP contribution in [0.1, 0.15) is 25.3 Å². The Morgan fingerprint density at radius 2 is 2.04 bits per heavy atom. The molecule has 0 bridgehead atoms. The molecule has 1 aliphatic heterocycles. The zero-order chi connectivity index (χ0) is 18.4. The van der Waals surface area contributed by atoms with Gasteiger partial charge in [-0.25, -0.2) is 8.78 Å². The van der Waals surface area contributed by atoms with Crippen LogP contribution >= 0.6 is 0 Å². The molecule has 0 aromatic heterocycles. The molecule has 1 aliphatic rings. The summed E-state index contributed by atoms with van der Waals surface area (Å²) in [6.07, 6.45) is 0.761. The van der Waals surface area contributed by atoms with Crippen LogP contribution in [0.4, 0.5) is 8.78 Å². The molecule has 0 aliphatic carbocycles. The number of ether oxygens (including phenoxy) is 1. The lowest BCUT2D eigenvalue weighted by molar-refractivity contribution is -0.130. The number of allylic oxidation sites excluding steroid dienone is 2. The Kier molecular flexibility index (Phi) is 6.27. The molecule has 0 fully saturated rings. The zero-order valence-corrected chi connectivity index (χ0v) is 14.2. The van der Waals surface area contributed by atoms with E-state index in [1.807, 2.05) is 0 Å². The molecule has 1 heterocycles. The van der Waals surface area contributed by atoms with Gasteiger partial charge in [-0.05, 0) is 43.2 Å². The van der Waals surface area contributed by atoms with Crippen LogP contribution in [0.15, 0.2) is 41.7 Å². The molecule has 0 saturated carbocycles. The van der Waals surface area contributed by atoms with Gasteiger partial charge in [0, 0.05) is 30.1 Å². The van der Waals surface area contributed by atoms with Gasteiger partial charge in [0.2, 0.25) is 5.91 Å². The third-order valence-corrected chi connectivity index (χ3v) is 3.83. The van der Waals surface area contributed by atoms with Gasteiger partial charge in [-0.3, -0.25) is 4.79 Å². The number of amides is 1. The largest absolute Gasteiger partial charge is 0.497 e. The van der Waals surface area contributed by atoms with Crippen molar-refractivity contribution in [2.24, 2.45) is 0 Å². The highest BCUT2D eigenvalue weighted by Crippen LogP contribution is 2.31. The van der Waals surface area contributed by atoms with Crippen molar-refractivity contribution in [3.05, 3.63) is 47.3 Å². The van der Waals surface area contributed by atoms with Crippen molar-refractivity contribution in [1.29, 1.82) is 5.41 Å². The van der Waals surface area contributed by atoms with Crippen LogP contribution in [-0.2, 0) is 4.79 Å². The van der Waals surface area contributed by atoms with Crippen LogP contribution in [-0.4, -0.2) is 37.1 Å². The lowest BCUT2D eigenvalue weighted by Crippen LogP contribution is -2.38. The van der Waals surface area contributed by atoms with Gasteiger partial charge in [-0.2, -0.15) is 0 Å². The summed E-state index contributed by atoms with van der Waals surface area (Å²) in [6, 6.07) is 6.91. The maximum atomic E-state index is 13.0. The predicted molar refractivity (Wildman–Crippen MR) is 92.5 cm³/mol. The minimum absolute atomic E-state index is 0.159. The molecule has 0 radical (unpaired) electrons. The van der Waals surface area contributed by atoms with Crippen molar-refractivity contribution in [3.63, 3.8) is 0 Å². The molecule has 1 aromatic rings. The molecule has 134 valence electrons. The highest BCUT2D eigenvalue weighted by atomic mass is 19.3. The Labute approximate surface area is 145 Å². The van der Waals surface area contributed by atoms with Crippen molar-refractivity contribution >= 4 is 17.8 Å². The van der Waals surface area contributed by atoms with Gasteiger partial charge in [-0.15, -0.1) is 0 Å². The van der Waals surface area contributed by atoms with Crippen molar-refractivity contribution < 1.29 is 18.3 Å². The lowest BCUT2D eigenvalue weighted by Gasteiger charge is -2.32. The molecule has 1 amide bonds. The summed E-state index contributed by atoms with van der Waals surface area (Å²) in [4.78, 5) is 13.4. The van der Waals surface area contributed by atoms with Gasteiger partial charge in [0.05, 0.1) is 19.4 Å². The van der Waals surface area contributed by atoms with Crippen LogP contribution in [0.25, 0.3) is 5.70 Å². The molecule has 25 heavy (non-hydrogen) atoms. The number of halogens is 2. The normalized spacial score (nSPS) is 15.6. The van der Waals surface area contributed by atoms with E-state index < -0.39 is 13.0 Å². The first-order valence-corrected chi connectivity index (χ1v) is 7.86. The molecular weight excluding hydrogens is 328 g/mol. The average molecular weight is 349 g/mol. The van der Waals surface area contributed by atoms with E-state index in [9.17, 15) is 13.6 Å². The number of carbonyl (C=O) groups is 1. The summed E-state index contributed by atoms with van der Waals surface area (Å²) >= 11 is 0. The lowest BCUT2D eigenvalue weighted by atomic mass is 10.0. The highest BCUT2D eigenvalue weighted by Gasteiger charge is 2.29. The summed E-state index contributed by atoms with van der Waals surface area (Å²) in [5.74, 6) is 0.311. The maximum absolute atomic E-state index is 13.0. The minimum Gasteiger partial charge on any atom is -0.497 e. The van der Waals surface area contributed by atoms with Gasteiger partial charge in [0.25, 0.3) is 6.43 Å². The fraction of sp³-hybridized carbons (Fsp3) is 0.333. The molecule has 5 nitrogen and oxygen atoms in total. The van der Waals surface area contributed by atoms with E-state index in [-0.39, 0.29) is 12.3 Å². The number of hydrogen-bond acceptors (Lipinski definition) is 4. The van der Waals surface area contributed by atoms with Gasteiger partial charge >= 0.3 is 0 Å². The number of alkyl halides is 2. The van der Waals surface area contributed by atoms with Crippen molar-refractivity contribution in [2.75, 3.05) is 13.7 Å². The smallest absolute Gasteiger partial charge is 0.256 e. The first-order valence-electron chi connectivity index (χ1n) is 7.86. The van der Waals surface area contributed by atoms with E-state index in [2.05, 4.69) is 5.32 Å². The van der Waals surface area contributed by atoms with Gasteiger partial charge < -0.3 is 20.4 Å². The summed E-state index contributed by atoms with van der Waals surface area (Å²) in [5, 5.41) is 10.3. The molecule has 1 aromatic carbocycles. The van der Waals surface area contributed by atoms with Crippen LogP contribution in [0.5, 0.6) is 5.75 Å². The number of carbonyl (C=O) groups excluding carboxylic acids is 1. The van der Waals surface area contributed by atoms with Crippen molar-refractivity contribution in [3.8, 4) is 5.75 Å². The van der Waals surface area contributed by atoms with Gasteiger partial charge in [0.15, 0.2) is 0 Å². The quantitative estimate of drug-likeness (QED) is 0.742. The SMILES string of the molecule is COc1ccc(C2=C(N/C=C(/C)C=N)CCC(=O)N2CC(F)F)cc1.